The Morgan fingerprint density at radius 1 is 1.47 bits per heavy atom. The smallest absolute Gasteiger partial charge is 0.359 e. The number of rotatable bonds is 1. The number of hydrogen-bond donors (Lipinski definition) is 1. The Morgan fingerprint density at radius 2 is 2.18 bits per heavy atom. The molecule has 0 aliphatic rings. The van der Waals surface area contributed by atoms with Gasteiger partial charge in [-0.3, -0.25) is 0 Å². The van der Waals surface area contributed by atoms with Crippen molar-refractivity contribution in [2.24, 2.45) is 0 Å². The first-order valence-electron chi connectivity index (χ1n) is 5.33. The summed E-state index contributed by atoms with van der Waals surface area (Å²) < 4.78 is 6.94. The molecule has 2 heterocycles. The van der Waals surface area contributed by atoms with Gasteiger partial charge in [-0.2, -0.15) is 0 Å². The van der Waals surface area contributed by atoms with Gasteiger partial charge in [0.2, 0.25) is 0 Å². The minimum atomic E-state index is -0.529. The molecule has 2 aromatic heterocycles. The fraction of sp³-hybridized carbons (Fsp3) is 0.333. The van der Waals surface area contributed by atoms with Crippen molar-refractivity contribution in [3.8, 4) is 0 Å². The summed E-state index contributed by atoms with van der Waals surface area (Å²) in [6.07, 6.45) is 3.40. The molecular formula is C12H15N3O2. The summed E-state index contributed by atoms with van der Waals surface area (Å²) in [4.78, 5) is 16.0. The van der Waals surface area contributed by atoms with E-state index >= 15 is 0 Å². The van der Waals surface area contributed by atoms with Crippen molar-refractivity contribution in [1.29, 1.82) is 0 Å². The van der Waals surface area contributed by atoms with Crippen LogP contribution in [-0.4, -0.2) is 21.0 Å². The molecule has 0 amide bonds. The summed E-state index contributed by atoms with van der Waals surface area (Å²) >= 11 is 0. The highest BCUT2D eigenvalue weighted by molar-refractivity contribution is 5.89. The SMILES string of the molecule is CC(C)(C)OC(=O)c1cn2cccc(N)c2n1. The molecule has 17 heavy (non-hydrogen) atoms. The van der Waals surface area contributed by atoms with Gasteiger partial charge in [0, 0.05) is 12.4 Å². The van der Waals surface area contributed by atoms with Crippen LogP contribution in [0.25, 0.3) is 5.65 Å². The van der Waals surface area contributed by atoms with Gasteiger partial charge in [-0.25, -0.2) is 9.78 Å². The van der Waals surface area contributed by atoms with E-state index in [-0.39, 0.29) is 5.69 Å². The second kappa shape index (κ2) is 3.76. The predicted molar refractivity (Wildman–Crippen MR) is 64.8 cm³/mol. The van der Waals surface area contributed by atoms with Crippen molar-refractivity contribution in [2.45, 2.75) is 26.4 Å². The van der Waals surface area contributed by atoms with Crippen LogP contribution in [0.2, 0.25) is 0 Å². The summed E-state index contributed by atoms with van der Waals surface area (Å²) in [7, 11) is 0. The molecule has 0 saturated heterocycles. The lowest BCUT2D eigenvalue weighted by Gasteiger charge is -2.18. The maximum atomic E-state index is 11.8. The summed E-state index contributed by atoms with van der Waals surface area (Å²) in [6, 6.07) is 3.53. The van der Waals surface area contributed by atoms with Crippen LogP contribution >= 0.6 is 0 Å². The Hall–Kier alpha value is -2.04. The minimum Gasteiger partial charge on any atom is -0.455 e. The van der Waals surface area contributed by atoms with Crippen molar-refractivity contribution in [3.63, 3.8) is 0 Å². The average Bonchev–Trinajstić information content (AvgIpc) is 2.60. The number of ether oxygens (including phenoxy) is 1. The van der Waals surface area contributed by atoms with Gasteiger partial charge in [-0.15, -0.1) is 0 Å². The standard InChI is InChI=1S/C12H15N3O2/c1-12(2,3)17-11(16)9-7-15-6-4-5-8(13)10(15)14-9/h4-7H,13H2,1-3H3. The number of anilines is 1. The number of aromatic nitrogens is 2. The van der Waals surface area contributed by atoms with Crippen molar-refractivity contribution >= 4 is 17.3 Å². The monoisotopic (exact) mass is 233 g/mol. The van der Waals surface area contributed by atoms with Crippen LogP contribution in [0.5, 0.6) is 0 Å². The van der Waals surface area contributed by atoms with E-state index in [1.165, 1.54) is 0 Å². The number of nitrogens with two attached hydrogens (primary N) is 1. The third kappa shape index (κ3) is 2.38. The summed E-state index contributed by atoms with van der Waals surface area (Å²) in [5.74, 6) is -0.444. The van der Waals surface area contributed by atoms with Gasteiger partial charge in [0.1, 0.15) is 5.60 Å². The fourth-order valence-electron chi connectivity index (χ4n) is 1.46. The number of esters is 1. The lowest BCUT2D eigenvalue weighted by Crippen LogP contribution is -2.24. The van der Waals surface area contributed by atoms with Crippen LogP contribution < -0.4 is 5.73 Å². The molecule has 90 valence electrons. The Bertz CT molecular complexity index is 567. The van der Waals surface area contributed by atoms with Crippen LogP contribution in [0.4, 0.5) is 5.69 Å². The van der Waals surface area contributed by atoms with E-state index in [1.54, 1.807) is 28.9 Å². The highest BCUT2D eigenvalue weighted by atomic mass is 16.6. The van der Waals surface area contributed by atoms with Gasteiger partial charge in [0.25, 0.3) is 0 Å². The molecule has 2 N–H and O–H groups in total. The molecular weight excluding hydrogens is 218 g/mol. The Morgan fingerprint density at radius 3 is 2.76 bits per heavy atom. The molecule has 0 saturated carbocycles. The number of nitrogen functional groups attached to an aromatic ring is 1. The van der Waals surface area contributed by atoms with E-state index in [0.29, 0.717) is 11.3 Å². The molecule has 0 aliphatic carbocycles. The molecule has 0 unspecified atom stereocenters. The van der Waals surface area contributed by atoms with Crippen LogP contribution in [-0.2, 0) is 4.74 Å². The predicted octanol–water partition coefficient (Wildman–Crippen LogP) is 1.87. The Labute approximate surface area is 99.2 Å². The summed E-state index contributed by atoms with van der Waals surface area (Å²) in [5.41, 5.74) is 6.59. The largest absolute Gasteiger partial charge is 0.455 e. The van der Waals surface area contributed by atoms with Crippen LogP contribution in [0.3, 0.4) is 0 Å². The van der Waals surface area contributed by atoms with Crippen molar-refractivity contribution in [3.05, 3.63) is 30.2 Å². The maximum Gasteiger partial charge on any atom is 0.359 e. The highest BCUT2D eigenvalue weighted by Gasteiger charge is 2.20. The molecule has 0 aromatic carbocycles. The van der Waals surface area contributed by atoms with E-state index in [2.05, 4.69) is 4.98 Å². The van der Waals surface area contributed by atoms with Crippen molar-refractivity contribution in [1.82, 2.24) is 9.38 Å². The third-order valence-electron chi connectivity index (χ3n) is 2.12. The van der Waals surface area contributed by atoms with Crippen LogP contribution in [0, 0.1) is 0 Å². The second-order valence-corrected chi connectivity index (χ2v) is 4.82. The zero-order valence-electron chi connectivity index (χ0n) is 10.1. The number of carbonyl (C=O) groups excluding carboxylic acids is 1. The lowest BCUT2D eigenvalue weighted by molar-refractivity contribution is 0.00636. The molecule has 0 radical (unpaired) electrons. The van der Waals surface area contributed by atoms with Crippen molar-refractivity contribution in [2.75, 3.05) is 5.73 Å². The number of nitrogens with zero attached hydrogens (tertiary/aromatic N) is 2. The van der Waals surface area contributed by atoms with Gasteiger partial charge in [-0.1, -0.05) is 0 Å². The first kappa shape index (κ1) is 11.4. The normalized spacial score (nSPS) is 11.7. The van der Waals surface area contributed by atoms with Crippen LogP contribution in [0.15, 0.2) is 24.5 Å². The minimum absolute atomic E-state index is 0.262. The molecule has 2 rings (SSSR count). The van der Waals surface area contributed by atoms with Gasteiger partial charge in [0.05, 0.1) is 5.69 Å². The molecule has 0 atom stereocenters. The maximum absolute atomic E-state index is 11.8. The molecule has 0 bridgehead atoms. The van der Waals surface area contributed by atoms with Gasteiger partial charge in [0.15, 0.2) is 11.3 Å². The number of hydrogen-bond acceptors (Lipinski definition) is 4. The first-order chi connectivity index (χ1) is 7.87. The second-order valence-electron chi connectivity index (χ2n) is 4.82. The van der Waals surface area contributed by atoms with E-state index in [1.807, 2.05) is 20.8 Å². The zero-order chi connectivity index (χ0) is 12.6. The van der Waals surface area contributed by atoms with Gasteiger partial charge in [-0.05, 0) is 32.9 Å². The summed E-state index contributed by atoms with van der Waals surface area (Å²) in [5, 5.41) is 0. The van der Waals surface area contributed by atoms with Crippen molar-refractivity contribution < 1.29 is 9.53 Å². The van der Waals surface area contributed by atoms with Gasteiger partial charge >= 0.3 is 5.97 Å². The molecule has 0 spiro atoms. The number of imidazole rings is 1. The van der Waals surface area contributed by atoms with E-state index in [4.69, 9.17) is 10.5 Å². The van der Waals surface area contributed by atoms with E-state index in [0.717, 1.165) is 0 Å². The fourth-order valence-corrected chi connectivity index (χ4v) is 1.46. The molecule has 0 aliphatic heterocycles. The Balaban J connectivity index is 2.37. The summed E-state index contributed by atoms with van der Waals surface area (Å²) in [6.45, 7) is 5.44. The third-order valence-corrected chi connectivity index (χ3v) is 2.12. The lowest BCUT2D eigenvalue weighted by atomic mass is 10.2. The van der Waals surface area contributed by atoms with Crippen LogP contribution in [0.1, 0.15) is 31.3 Å². The molecule has 5 heteroatoms. The van der Waals surface area contributed by atoms with E-state index < -0.39 is 11.6 Å². The van der Waals surface area contributed by atoms with E-state index in [9.17, 15) is 4.79 Å². The molecule has 0 fully saturated rings. The number of pyridine rings is 1. The first-order valence-corrected chi connectivity index (χ1v) is 5.33. The average molecular weight is 233 g/mol. The topological polar surface area (TPSA) is 69.6 Å². The quantitative estimate of drug-likeness (QED) is 0.763. The Kier molecular flexibility index (Phi) is 2.53. The van der Waals surface area contributed by atoms with Gasteiger partial charge < -0.3 is 14.9 Å². The molecule has 5 nitrogen and oxygen atoms in total. The molecule has 2 aromatic rings. The number of carbonyl (C=O) groups is 1. The zero-order valence-corrected chi connectivity index (χ0v) is 10.1. The highest BCUT2D eigenvalue weighted by Crippen LogP contribution is 2.15. The number of fused-ring (bicyclic) bond motifs is 1.